The minimum Gasteiger partial charge on any atom is -0.443 e. The smallest absolute Gasteiger partial charge is 0.426 e. The first-order valence-electron chi connectivity index (χ1n) is 14.3. The molecule has 0 saturated carbocycles. The Kier molecular flexibility index (Phi) is 9.03. The van der Waals surface area contributed by atoms with Crippen molar-refractivity contribution in [2.24, 2.45) is 0 Å². The molecule has 0 bridgehead atoms. The van der Waals surface area contributed by atoms with Crippen LogP contribution in [0.25, 0.3) is 10.8 Å². The highest BCUT2D eigenvalue weighted by Gasteiger charge is 2.39. The second-order valence-corrected chi connectivity index (χ2v) is 12.4. The van der Waals surface area contributed by atoms with E-state index in [4.69, 9.17) is 9.47 Å². The lowest BCUT2D eigenvalue weighted by atomic mass is 9.86. The minimum absolute atomic E-state index is 0.0594. The monoisotopic (exact) mass is 638 g/mol. The Morgan fingerprint density at radius 1 is 0.543 bits per heavy atom. The Morgan fingerprint density at radius 2 is 0.826 bits per heavy atom. The lowest BCUT2D eigenvalue weighted by molar-refractivity contribution is -0.123. The molecule has 0 saturated heterocycles. The molecule has 4 rings (SSSR count). The van der Waals surface area contributed by atoms with Gasteiger partial charge in [0.15, 0.2) is 0 Å². The van der Waals surface area contributed by atoms with Crippen LogP contribution < -0.4 is 21.7 Å². The van der Waals surface area contributed by atoms with Crippen molar-refractivity contribution >= 4 is 58.4 Å². The summed E-state index contributed by atoms with van der Waals surface area (Å²) in [5.74, 6) is -4.30. The van der Waals surface area contributed by atoms with Crippen LogP contribution in [0, 0.1) is 0 Å². The van der Waals surface area contributed by atoms with Gasteiger partial charge in [0.25, 0.3) is 23.6 Å². The summed E-state index contributed by atoms with van der Waals surface area (Å²) in [6.45, 7) is 9.24. The average molecular weight is 639 g/mol. The number of ether oxygens (including phenoxy) is 2. The van der Waals surface area contributed by atoms with E-state index in [0.717, 1.165) is 9.80 Å². The molecular formula is C30H34N6O10. The number of nitrogens with zero attached hydrogens (tertiary/aromatic N) is 2. The summed E-state index contributed by atoms with van der Waals surface area (Å²) >= 11 is 0. The number of carbonyl (C=O) groups is 8. The molecule has 0 aromatic heterocycles. The van der Waals surface area contributed by atoms with Crippen LogP contribution >= 0.6 is 0 Å². The van der Waals surface area contributed by atoms with Crippen molar-refractivity contribution in [1.29, 1.82) is 0 Å². The maximum absolute atomic E-state index is 13.4. The lowest BCUT2D eigenvalue weighted by Gasteiger charge is -2.31. The van der Waals surface area contributed by atoms with Gasteiger partial charge in [-0.2, -0.15) is 0 Å². The molecule has 244 valence electrons. The van der Waals surface area contributed by atoms with E-state index in [-0.39, 0.29) is 59.0 Å². The molecule has 2 aliphatic heterocycles. The fourth-order valence-corrected chi connectivity index (χ4v) is 4.78. The molecule has 2 aromatic rings. The van der Waals surface area contributed by atoms with Crippen LogP contribution in [0.15, 0.2) is 24.3 Å². The summed E-state index contributed by atoms with van der Waals surface area (Å²) in [5.41, 5.74) is 7.14. The fraction of sp³-hybridized carbons (Fsp3) is 0.400. The predicted molar refractivity (Wildman–Crippen MR) is 159 cm³/mol. The van der Waals surface area contributed by atoms with E-state index < -0.39 is 58.8 Å². The van der Waals surface area contributed by atoms with Gasteiger partial charge >= 0.3 is 12.2 Å². The second kappa shape index (κ2) is 12.5. The predicted octanol–water partition coefficient (Wildman–Crippen LogP) is 1.92. The molecule has 46 heavy (non-hydrogen) atoms. The van der Waals surface area contributed by atoms with Crippen molar-refractivity contribution < 1.29 is 47.8 Å². The third-order valence-corrected chi connectivity index (χ3v) is 6.59. The van der Waals surface area contributed by atoms with E-state index in [0.29, 0.717) is 0 Å². The zero-order valence-corrected chi connectivity index (χ0v) is 26.1. The van der Waals surface area contributed by atoms with E-state index in [1.807, 2.05) is 0 Å². The molecule has 2 aromatic carbocycles. The number of hydrogen-bond donors (Lipinski definition) is 4. The Hall–Kier alpha value is -5.54. The molecule has 0 aliphatic carbocycles. The standard InChI is InChI=1S/C30H34N6O10/c1-29(2,3)45-27(43)33-31-19(37)11-13-35-23(39)15-7-9-17-22-18(10-8-16(21(15)22)24(35)40)26(42)36(25(17)41)14-12-20(38)32-34-28(44)46-30(4,5)6/h7-10H,11-14H2,1-6H3,(H,31,37)(H,32,38)(H,33,43)(H,34,44). The number of rotatable bonds is 6. The number of imide groups is 2. The van der Waals surface area contributed by atoms with Gasteiger partial charge in [0, 0.05) is 59.0 Å². The van der Waals surface area contributed by atoms with E-state index in [1.54, 1.807) is 41.5 Å². The van der Waals surface area contributed by atoms with Gasteiger partial charge in [-0.25, -0.2) is 20.4 Å². The third kappa shape index (κ3) is 7.22. The Bertz CT molecular complexity index is 1490. The van der Waals surface area contributed by atoms with Gasteiger partial charge in [-0.05, 0) is 65.8 Å². The van der Waals surface area contributed by atoms with Crippen LogP contribution in [0.3, 0.4) is 0 Å². The van der Waals surface area contributed by atoms with Crippen molar-refractivity contribution in [2.45, 2.75) is 65.6 Å². The summed E-state index contributed by atoms with van der Waals surface area (Å²) in [6, 6.07) is 5.45. The van der Waals surface area contributed by atoms with Crippen molar-refractivity contribution in [2.75, 3.05) is 13.1 Å². The van der Waals surface area contributed by atoms with Gasteiger partial charge < -0.3 is 9.47 Å². The molecule has 0 spiro atoms. The second-order valence-electron chi connectivity index (χ2n) is 12.4. The van der Waals surface area contributed by atoms with Gasteiger partial charge in [-0.3, -0.25) is 49.4 Å². The summed E-state index contributed by atoms with van der Waals surface area (Å²) in [5, 5.41) is 0.274. The lowest BCUT2D eigenvalue weighted by Crippen LogP contribution is -2.47. The average Bonchev–Trinajstić information content (AvgIpc) is 2.94. The summed E-state index contributed by atoms with van der Waals surface area (Å²) in [4.78, 5) is 103. The molecule has 0 fully saturated rings. The summed E-state index contributed by atoms with van der Waals surface area (Å²) in [7, 11) is 0. The largest absolute Gasteiger partial charge is 0.443 e. The van der Waals surface area contributed by atoms with Crippen LogP contribution in [0.1, 0.15) is 95.8 Å². The van der Waals surface area contributed by atoms with E-state index in [2.05, 4.69) is 21.7 Å². The number of hydrazine groups is 2. The van der Waals surface area contributed by atoms with Crippen molar-refractivity contribution in [3.63, 3.8) is 0 Å². The van der Waals surface area contributed by atoms with Crippen LogP contribution in [-0.4, -0.2) is 81.7 Å². The molecule has 16 nitrogen and oxygen atoms in total. The van der Waals surface area contributed by atoms with Gasteiger partial charge in [0.05, 0.1) is 0 Å². The topological polar surface area (TPSA) is 210 Å². The number of hydrogen-bond acceptors (Lipinski definition) is 10. The van der Waals surface area contributed by atoms with Crippen molar-refractivity contribution in [3.8, 4) is 0 Å². The van der Waals surface area contributed by atoms with E-state index in [9.17, 15) is 38.4 Å². The highest BCUT2D eigenvalue weighted by molar-refractivity contribution is 6.33. The first kappa shape index (κ1) is 33.4. The first-order chi connectivity index (χ1) is 21.4. The molecule has 4 N–H and O–H groups in total. The SMILES string of the molecule is CC(C)(C)OC(=O)NNC(=O)CCN1C(=O)c2ccc3c4c(ccc(c24)C1=O)C(=O)N(CCC(=O)NNC(=O)OC(C)(C)C)C3=O. The summed E-state index contributed by atoms with van der Waals surface area (Å²) in [6.07, 6.45) is -2.45. The number of benzene rings is 2. The zero-order chi connectivity index (χ0) is 34.1. The maximum Gasteiger partial charge on any atom is 0.426 e. The van der Waals surface area contributed by atoms with Crippen molar-refractivity contribution in [1.82, 2.24) is 31.5 Å². The number of nitrogens with one attached hydrogen (secondary N) is 4. The Balaban J connectivity index is 1.45. The number of carbonyl (C=O) groups excluding carboxylic acids is 8. The summed E-state index contributed by atoms with van der Waals surface area (Å²) < 4.78 is 10.1. The van der Waals surface area contributed by atoms with Gasteiger partial charge in [0.1, 0.15) is 11.2 Å². The fourth-order valence-electron chi connectivity index (χ4n) is 4.78. The Morgan fingerprint density at radius 3 is 1.09 bits per heavy atom. The normalized spacial score (nSPS) is 14.2. The molecule has 2 aliphatic rings. The van der Waals surface area contributed by atoms with Crippen LogP contribution in [-0.2, 0) is 19.1 Å². The molecule has 16 heteroatoms. The maximum atomic E-state index is 13.4. The van der Waals surface area contributed by atoms with E-state index in [1.165, 1.54) is 24.3 Å². The third-order valence-electron chi connectivity index (χ3n) is 6.59. The highest BCUT2D eigenvalue weighted by atomic mass is 16.6. The zero-order valence-electron chi connectivity index (χ0n) is 26.1. The first-order valence-corrected chi connectivity index (χ1v) is 14.3. The molecular weight excluding hydrogens is 604 g/mol. The van der Waals surface area contributed by atoms with Crippen LogP contribution in [0.2, 0.25) is 0 Å². The number of amides is 8. The highest BCUT2D eigenvalue weighted by Crippen LogP contribution is 2.37. The minimum atomic E-state index is -0.888. The van der Waals surface area contributed by atoms with E-state index >= 15 is 0 Å². The molecule has 0 unspecified atom stereocenters. The molecule has 0 radical (unpaired) electrons. The molecule has 0 atom stereocenters. The molecule has 8 amide bonds. The van der Waals surface area contributed by atoms with Gasteiger partial charge in [-0.15, -0.1) is 0 Å². The van der Waals surface area contributed by atoms with Gasteiger partial charge in [-0.1, -0.05) is 0 Å². The Labute approximate surface area is 263 Å². The quantitative estimate of drug-likeness (QED) is 0.267. The molecule has 2 heterocycles. The van der Waals surface area contributed by atoms with Gasteiger partial charge in [0.2, 0.25) is 11.8 Å². The van der Waals surface area contributed by atoms with Crippen LogP contribution in [0.4, 0.5) is 9.59 Å². The van der Waals surface area contributed by atoms with Crippen LogP contribution in [0.5, 0.6) is 0 Å². The van der Waals surface area contributed by atoms with Crippen molar-refractivity contribution in [3.05, 3.63) is 46.5 Å².